The van der Waals surface area contributed by atoms with Gasteiger partial charge in [-0.3, -0.25) is 14.9 Å². The Morgan fingerprint density at radius 3 is 2.38 bits per heavy atom. The molecule has 3 aromatic carbocycles. The van der Waals surface area contributed by atoms with Gasteiger partial charge in [-0.25, -0.2) is 9.69 Å². The average Bonchev–Trinajstić information content (AvgIpc) is 2.78. The largest absolute Gasteiger partial charge is 0.488 e. The fraction of sp³-hybridized carbons (Fsp3) is 0.0800. The number of barbiturate groups is 1. The van der Waals surface area contributed by atoms with Gasteiger partial charge in [0.1, 0.15) is 17.9 Å². The molecule has 0 saturated carbocycles. The Bertz CT molecular complexity index is 1220. The first kappa shape index (κ1) is 21.8. The SMILES string of the molecule is Cc1ccc(N2C(=O)NC(=O)/C(=C\c3ccc(OCc4ccccc4)c(I)c3)C2=O)cc1. The van der Waals surface area contributed by atoms with Crippen molar-refractivity contribution in [2.24, 2.45) is 0 Å². The van der Waals surface area contributed by atoms with Gasteiger partial charge in [0.2, 0.25) is 0 Å². The summed E-state index contributed by atoms with van der Waals surface area (Å²) in [7, 11) is 0. The van der Waals surface area contributed by atoms with E-state index in [0.29, 0.717) is 23.6 Å². The van der Waals surface area contributed by atoms with Gasteiger partial charge < -0.3 is 4.74 Å². The van der Waals surface area contributed by atoms with Gasteiger partial charge in [0.05, 0.1) is 9.26 Å². The molecule has 0 radical (unpaired) electrons. The lowest BCUT2D eigenvalue weighted by Gasteiger charge is -2.26. The van der Waals surface area contributed by atoms with E-state index in [4.69, 9.17) is 4.74 Å². The van der Waals surface area contributed by atoms with Gasteiger partial charge in [-0.2, -0.15) is 0 Å². The Kier molecular flexibility index (Phi) is 6.36. The van der Waals surface area contributed by atoms with Gasteiger partial charge in [-0.15, -0.1) is 0 Å². The molecule has 32 heavy (non-hydrogen) atoms. The molecule has 0 bridgehead atoms. The summed E-state index contributed by atoms with van der Waals surface area (Å²) >= 11 is 2.15. The molecule has 1 saturated heterocycles. The number of halogens is 1. The highest BCUT2D eigenvalue weighted by Crippen LogP contribution is 2.26. The number of aryl methyl sites for hydroxylation is 1. The summed E-state index contributed by atoms with van der Waals surface area (Å²) in [6.45, 7) is 2.34. The molecule has 1 heterocycles. The summed E-state index contributed by atoms with van der Waals surface area (Å²) in [5.41, 5.74) is 2.99. The topological polar surface area (TPSA) is 75.7 Å². The van der Waals surface area contributed by atoms with Crippen LogP contribution in [0.1, 0.15) is 16.7 Å². The summed E-state index contributed by atoms with van der Waals surface area (Å²) in [5, 5.41) is 2.24. The summed E-state index contributed by atoms with van der Waals surface area (Å²) in [6.07, 6.45) is 1.48. The minimum absolute atomic E-state index is 0.112. The van der Waals surface area contributed by atoms with E-state index < -0.39 is 17.8 Å². The molecule has 0 atom stereocenters. The predicted octanol–water partition coefficient (Wildman–Crippen LogP) is 4.85. The van der Waals surface area contributed by atoms with Gasteiger partial charge in [-0.1, -0.05) is 54.1 Å². The van der Waals surface area contributed by atoms with Gasteiger partial charge >= 0.3 is 6.03 Å². The number of amides is 4. The number of carbonyl (C=O) groups excluding carboxylic acids is 3. The summed E-state index contributed by atoms with van der Waals surface area (Å²) < 4.78 is 6.72. The van der Waals surface area contributed by atoms with Crippen molar-refractivity contribution in [1.82, 2.24) is 5.32 Å². The quantitative estimate of drug-likeness (QED) is 0.287. The summed E-state index contributed by atoms with van der Waals surface area (Å²) in [5.74, 6) is -0.683. The molecule has 6 nitrogen and oxygen atoms in total. The average molecular weight is 538 g/mol. The maximum absolute atomic E-state index is 13.0. The van der Waals surface area contributed by atoms with Crippen LogP contribution in [-0.4, -0.2) is 17.8 Å². The standard InChI is InChI=1S/C25H19IN2O4/c1-16-7-10-19(11-8-16)28-24(30)20(23(29)27-25(28)31)13-18-9-12-22(21(26)14-18)32-15-17-5-3-2-4-6-17/h2-14H,15H2,1H3,(H,27,29,31)/b20-13+. The molecular formula is C25H19IN2O4. The molecule has 4 amide bonds. The normalized spacial score (nSPS) is 15.1. The van der Waals surface area contributed by atoms with E-state index in [1.54, 1.807) is 36.4 Å². The van der Waals surface area contributed by atoms with Gasteiger partial charge in [0, 0.05) is 0 Å². The molecule has 7 heteroatoms. The Balaban J connectivity index is 1.57. The zero-order valence-corrected chi connectivity index (χ0v) is 19.3. The van der Waals surface area contributed by atoms with E-state index in [1.165, 1.54) is 6.08 Å². The fourth-order valence-electron chi connectivity index (χ4n) is 3.21. The molecule has 0 aromatic heterocycles. The third-order valence-electron chi connectivity index (χ3n) is 4.90. The second kappa shape index (κ2) is 9.35. The number of hydrogen-bond donors (Lipinski definition) is 1. The van der Waals surface area contributed by atoms with Crippen LogP contribution in [0.2, 0.25) is 0 Å². The van der Waals surface area contributed by atoms with Crippen LogP contribution < -0.4 is 15.0 Å². The number of urea groups is 1. The first-order valence-electron chi connectivity index (χ1n) is 9.87. The maximum atomic E-state index is 13.0. The van der Waals surface area contributed by atoms with Crippen LogP contribution in [0.25, 0.3) is 6.08 Å². The lowest BCUT2D eigenvalue weighted by Crippen LogP contribution is -2.54. The molecule has 1 fully saturated rings. The van der Waals surface area contributed by atoms with Crippen molar-refractivity contribution in [1.29, 1.82) is 0 Å². The highest BCUT2D eigenvalue weighted by molar-refractivity contribution is 14.1. The highest BCUT2D eigenvalue weighted by Gasteiger charge is 2.36. The van der Waals surface area contributed by atoms with E-state index in [2.05, 4.69) is 27.9 Å². The number of benzene rings is 3. The highest BCUT2D eigenvalue weighted by atomic mass is 127. The van der Waals surface area contributed by atoms with Crippen molar-refractivity contribution in [2.45, 2.75) is 13.5 Å². The van der Waals surface area contributed by atoms with E-state index in [1.807, 2.05) is 43.3 Å². The zero-order valence-electron chi connectivity index (χ0n) is 17.2. The molecule has 1 aliphatic rings. The van der Waals surface area contributed by atoms with Crippen molar-refractivity contribution < 1.29 is 19.1 Å². The molecule has 0 aliphatic carbocycles. The lowest BCUT2D eigenvalue weighted by atomic mass is 10.1. The number of hydrogen-bond acceptors (Lipinski definition) is 4. The third kappa shape index (κ3) is 4.72. The van der Waals surface area contributed by atoms with Crippen LogP contribution in [0.15, 0.2) is 78.4 Å². The van der Waals surface area contributed by atoms with Crippen LogP contribution in [0, 0.1) is 10.5 Å². The lowest BCUT2D eigenvalue weighted by molar-refractivity contribution is -0.122. The molecule has 1 N–H and O–H groups in total. The smallest absolute Gasteiger partial charge is 0.335 e. The summed E-state index contributed by atoms with van der Waals surface area (Å²) in [6, 6.07) is 21.4. The number of ether oxygens (including phenoxy) is 1. The molecule has 4 rings (SSSR count). The predicted molar refractivity (Wildman–Crippen MR) is 130 cm³/mol. The van der Waals surface area contributed by atoms with E-state index in [9.17, 15) is 14.4 Å². The van der Waals surface area contributed by atoms with Crippen molar-refractivity contribution >= 4 is 52.2 Å². The van der Waals surface area contributed by atoms with Crippen molar-refractivity contribution in [3.63, 3.8) is 0 Å². The van der Waals surface area contributed by atoms with Crippen molar-refractivity contribution in [2.75, 3.05) is 4.90 Å². The van der Waals surface area contributed by atoms with Crippen LogP contribution in [0.3, 0.4) is 0 Å². The van der Waals surface area contributed by atoms with Crippen LogP contribution >= 0.6 is 22.6 Å². The monoisotopic (exact) mass is 538 g/mol. The minimum atomic E-state index is -0.764. The van der Waals surface area contributed by atoms with E-state index in [0.717, 1.165) is 19.6 Å². The van der Waals surface area contributed by atoms with Crippen molar-refractivity contribution in [3.8, 4) is 5.75 Å². The molecule has 0 spiro atoms. The van der Waals surface area contributed by atoms with Crippen molar-refractivity contribution in [3.05, 3.63) is 98.6 Å². The number of rotatable bonds is 5. The molecular weight excluding hydrogens is 519 g/mol. The zero-order chi connectivity index (χ0) is 22.7. The number of imide groups is 2. The Morgan fingerprint density at radius 2 is 1.69 bits per heavy atom. The molecule has 0 unspecified atom stereocenters. The maximum Gasteiger partial charge on any atom is 0.335 e. The number of anilines is 1. The number of nitrogens with one attached hydrogen (secondary N) is 1. The number of carbonyl (C=O) groups is 3. The van der Waals surface area contributed by atoms with Crippen LogP contribution in [0.4, 0.5) is 10.5 Å². The first-order valence-corrected chi connectivity index (χ1v) is 10.9. The number of nitrogens with zero attached hydrogens (tertiary/aromatic N) is 1. The molecule has 3 aromatic rings. The van der Waals surface area contributed by atoms with Crippen LogP contribution in [0.5, 0.6) is 5.75 Å². The molecule has 160 valence electrons. The fourth-order valence-corrected chi connectivity index (χ4v) is 3.91. The third-order valence-corrected chi connectivity index (χ3v) is 5.74. The van der Waals surface area contributed by atoms with E-state index >= 15 is 0 Å². The Labute approximate surface area is 199 Å². The first-order chi connectivity index (χ1) is 15.4. The Hall–Kier alpha value is -3.46. The molecule has 1 aliphatic heterocycles. The van der Waals surface area contributed by atoms with E-state index in [-0.39, 0.29) is 5.57 Å². The second-order valence-corrected chi connectivity index (χ2v) is 8.42. The second-order valence-electron chi connectivity index (χ2n) is 7.26. The van der Waals surface area contributed by atoms with Crippen LogP contribution in [-0.2, 0) is 16.2 Å². The van der Waals surface area contributed by atoms with Gasteiger partial charge in [-0.05, 0) is 71.0 Å². The summed E-state index contributed by atoms with van der Waals surface area (Å²) in [4.78, 5) is 38.7. The minimum Gasteiger partial charge on any atom is -0.488 e. The Morgan fingerprint density at radius 1 is 0.969 bits per heavy atom. The van der Waals surface area contributed by atoms with Gasteiger partial charge in [0.15, 0.2) is 0 Å². The van der Waals surface area contributed by atoms with Gasteiger partial charge in [0.25, 0.3) is 11.8 Å².